The summed E-state index contributed by atoms with van der Waals surface area (Å²) in [6.07, 6.45) is 4.87. The summed E-state index contributed by atoms with van der Waals surface area (Å²) in [4.78, 5) is 31.8. The number of nitrogens with one attached hydrogen (secondary N) is 1. The normalized spacial score (nSPS) is 21.0. The van der Waals surface area contributed by atoms with Crippen LogP contribution in [0.15, 0.2) is 42.6 Å². The maximum absolute atomic E-state index is 12.9. The van der Waals surface area contributed by atoms with E-state index in [4.69, 9.17) is 0 Å². The van der Waals surface area contributed by atoms with Crippen LogP contribution in [0.3, 0.4) is 0 Å². The van der Waals surface area contributed by atoms with E-state index in [-0.39, 0.29) is 17.8 Å². The third-order valence-electron chi connectivity index (χ3n) is 5.86. The average molecular weight is 405 g/mol. The standard InChI is InChI=1S/C21H23N7O2/c1-26-18-10-12-22-27(18)13-11-15(21(26)30)23-20(29)19-24-17-9-5-8-16(28(17)25-19)14-6-3-2-4-7-14/h2-4,6-7,10,12,15-16H,5,8-9,11,13H2,1H3,(H,23,29). The molecule has 2 amide bonds. The van der Waals surface area contributed by atoms with Crippen molar-refractivity contribution in [1.82, 2.24) is 29.9 Å². The van der Waals surface area contributed by atoms with Crippen LogP contribution in [0, 0.1) is 0 Å². The number of amides is 2. The third-order valence-corrected chi connectivity index (χ3v) is 5.86. The van der Waals surface area contributed by atoms with Crippen molar-refractivity contribution in [2.45, 2.75) is 44.3 Å². The molecule has 2 unspecified atom stereocenters. The molecule has 4 heterocycles. The molecule has 1 N–H and O–H groups in total. The largest absolute Gasteiger partial charge is 0.337 e. The van der Waals surface area contributed by atoms with Gasteiger partial charge in [-0.2, -0.15) is 5.10 Å². The number of hydrogen-bond acceptors (Lipinski definition) is 5. The maximum Gasteiger partial charge on any atom is 0.291 e. The van der Waals surface area contributed by atoms with Gasteiger partial charge in [0.25, 0.3) is 11.8 Å². The van der Waals surface area contributed by atoms with Gasteiger partial charge in [-0.3, -0.25) is 14.5 Å². The van der Waals surface area contributed by atoms with Gasteiger partial charge in [0.15, 0.2) is 0 Å². The molecule has 0 fully saturated rings. The second-order valence-corrected chi connectivity index (χ2v) is 7.74. The lowest BCUT2D eigenvalue weighted by Crippen LogP contribution is -2.47. The van der Waals surface area contributed by atoms with Crippen molar-refractivity contribution < 1.29 is 9.59 Å². The number of fused-ring (bicyclic) bond motifs is 2. The molecule has 0 bridgehead atoms. The minimum atomic E-state index is -0.644. The molecule has 0 radical (unpaired) electrons. The van der Waals surface area contributed by atoms with E-state index in [0.717, 1.165) is 36.5 Å². The zero-order chi connectivity index (χ0) is 20.7. The summed E-state index contributed by atoms with van der Waals surface area (Å²) in [6.45, 7) is 0.548. The van der Waals surface area contributed by atoms with Gasteiger partial charge in [-0.15, -0.1) is 5.10 Å². The van der Waals surface area contributed by atoms with Crippen molar-refractivity contribution in [3.05, 3.63) is 59.8 Å². The van der Waals surface area contributed by atoms with Gasteiger partial charge in [0.1, 0.15) is 17.7 Å². The van der Waals surface area contributed by atoms with Crippen LogP contribution in [0.5, 0.6) is 0 Å². The van der Waals surface area contributed by atoms with Crippen molar-refractivity contribution in [2.75, 3.05) is 11.9 Å². The molecule has 0 aliphatic carbocycles. The molecule has 2 aliphatic heterocycles. The molecule has 3 aromatic rings. The molecule has 30 heavy (non-hydrogen) atoms. The highest BCUT2D eigenvalue weighted by Gasteiger charge is 2.32. The van der Waals surface area contributed by atoms with Crippen molar-refractivity contribution in [3.8, 4) is 0 Å². The highest BCUT2D eigenvalue weighted by molar-refractivity contribution is 6.00. The van der Waals surface area contributed by atoms with Gasteiger partial charge in [-0.05, 0) is 24.8 Å². The summed E-state index contributed by atoms with van der Waals surface area (Å²) in [5.41, 5.74) is 1.16. The van der Waals surface area contributed by atoms with Crippen LogP contribution >= 0.6 is 0 Å². The smallest absolute Gasteiger partial charge is 0.291 e. The highest BCUT2D eigenvalue weighted by atomic mass is 16.2. The van der Waals surface area contributed by atoms with E-state index in [1.54, 1.807) is 24.0 Å². The number of likely N-dealkylation sites (N-methyl/N-ethyl adjacent to an activating group) is 1. The van der Waals surface area contributed by atoms with Gasteiger partial charge in [0, 0.05) is 26.1 Å². The topological polar surface area (TPSA) is 97.9 Å². The molecule has 9 nitrogen and oxygen atoms in total. The summed E-state index contributed by atoms with van der Waals surface area (Å²) >= 11 is 0. The Balaban J connectivity index is 1.36. The van der Waals surface area contributed by atoms with Crippen molar-refractivity contribution in [3.63, 3.8) is 0 Å². The van der Waals surface area contributed by atoms with E-state index in [9.17, 15) is 9.59 Å². The molecule has 5 rings (SSSR count). The summed E-state index contributed by atoms with van der Waals surface area (Å²) in [6, 6.07) is 11.4. The van der Waals surface area contributed by atoms with E-state index < -0.39 is 11.9 Å². The summed E-state index contributed by atoms with van der Waals surface area (Å²) in [5, 5.41) is 11.6. The number of carbonyl (C=O) groups is 2. The fraction of sp³-hybridized carbons (Fsp3) is 0.381. The molecule has 2 aromatic heterocycles. The predicted octanol–water partition coefficient (Wildman–Crippen LogP) is 1.57. The van der Waals surface area contributed by atoms with Crippen molar-refractivity contribution in [1.29, 1.82) is 0 Å². The molecule has 0 saturated heterocycles. The van der Waals surface area contributed by atoms with Gasteiger partial charge in [-0.1, -0.05) is 30.3 Å². The Morgan fingerprint density at radius 1 is 1.17 bits per heavy atom. The predicted molar refractivity (Wildman–Crippen MR) is 109 cm³/mol. The molecule has 2 aliphatic rings. The molecule has 0 spiro atoms. The first kappa shape index (κ1) is 18.5. The average Bonchev–Trinajstić information content (AvgIpc) is 3.40. The van der Waals surface area contributed by atoms with Gasteiger partial charge in [0.2, 0.25) is 5.82 Å². The van der Waals surface area contributed by atoms with Crippen molar-refractivity contribution >= 4 is 17.6 Å². The van der Waals surface area contributed by atoms with Crippen LogP contribution in [0.2, 0.25) is 0 Å². The van der Waals surface area contributed by atoms with E-state index in [1.165, 1.54) is 4.90 Å². The van der Waals surface area contributed by atoms with Crippen LogP contribution in [-0.4, -0.2) is 49.4 Å². The van der Waals surface area contributed by atoms with Crippen LogP contribution in [0.4, 0.5) is 5.82 Å². The molecular weight excluding hydrogens is 382 g/mol. The van der Waals surface area contributed by atoms with E-state index in [2.05, 4.69) is 32.6 Å². The highest BCUT2D eigenvalue weighted by Crippen LogP contribution is 2.29. The zero-order valence-electron chi connectivity index (χ0n) is 16.7. The van der Waals surface area contributed by atoms with E-state index >= 15 is 0 Å². The first-order valence-corrected chi connectivity index (χ1v) is 10.2. The van der Waals surface area contributed by atoms with E-state index in [1.807, 2.05) is 22.9 Å². The monoisotopic (exact) mass is 405 g/mol. The Hall–Kier alpha value is -3.49. The number of aromatic nitrogens is 5. The quantitative estimate of drug-likeness (QED) is 0.713. The Morgan fingerprint density at radius 3 is 2.83 bits per heavy atom. The minimum absolute atomic E-state index is 0.0756. The van der Waals surface area contributed by atoms with E-state index in [0.29, 0.717) is 13.0 Å². The molecule has 154 valence electrons. The number of benzene rings is 1. The third kappa shape index (κ3) is 3.16. The SMILES string of the molecule is CN1C(=O)C(NC(=O)c2nc3n(n2)C(c2ccccc2)CCC3)CCn2nccc21. The Morgan fingerprint density at radius 2 is 2.00 bits per heavy atom. The first-order chi connectivity index (χ1) is 14.6. The number of hydrogen-bond donors (Lipinski definition) is 1. The number of nitrogens with zero attached hydrogens (tertiary/aromatic N) is 6. The summed E-state index contributed by atoms with van der Waals surface area (Å²) < 4.78 is 3.63. The summed E-state index contributed by atoms with van der Waals surface area (Å²) in [7, 11) is 1.69. The lowest BCUT2D eigenvalue weighted by molar-refractivity contribution is -0.120. The Bertz CT molecular complexity index is 1090. The fourth-order valence-electron chi connectivity index (χ4n) is 4.29. The Labute approximate surface area is 173 Å². The lowest BCUT2D eigenvalue weighted by atomic mass is 9.98. The molecular formula is C21H23N7O2. The molecule has 1 aromatic carbocycles. The number of aryl methyl sites for hydroxylation is 2. The van der Waals surface area contributed by atoms with Crippen LogP contribution < -0.4 is 10.2 Å². The zero-order valence-corrected chi connectivity index (χ0v) is 16.7. The fourth-order valence-corrected chi connectivity index (χ4v) is 4.29. The second-order valence-electron chi connectivity index (χ2n) is 7.74. The number of carbonyl (C=O) groups excluding carboxylic acids is 2. The minimum Gasteiger partial charge on any atom is -0.337 e. The van der Waals surface area contributed by atoms with Gasteiger partial charge in [-0.25, -0.2) is 14.3 Å². The lowest BCUT2D eigenvalue weighted by Gasteiger charge is -2.23. The maximum atomic E-state index is 12.9. The summed E-state index contributed by atoms with van der Waals surface area (Å²) in [5.74, 6) is 1.05. The number of rotatable bonds is 3. The van der Waals surface area contributed by atoms with Crippen molar-refractivity contribution in [2.24, 2.45) is 0 Å². The van der Waals surface area contributed by atoms with Gasteiger partial charge in [0.05, 0.1) is 12.2 Å². The van der Waals surface area contributed by atoms with Gasteiger partial charge < -0.3 is 5.32 Å². The number of anilines is 1. The van der Waals surface area contributed by atoms with Crippen LogP contribution in [-0.2, 0) is 17.8 Å². The first-order valence-electron chi connectivity index (χ1n) is 10.2. The molecule has 2 atom stereocenters. The van der Waals surface area contributed by atoms with Gasteiger partial charge >= 0.3 is 0 Å². The Kier molecular flexibility index (Phi) is 4.57. The molecule has 9 heteroatoms. The molecule has 0 saturated carbocycles. The van der Waals surface area contributed by atoms with Crippen LogP contribution in [0.1, 0.15) is 47.3 Å². The van der Waals surface area contributed by atoms with Crippen LogP contribution in [0.25, 0.3) is 0 Å². The second kappa shape index (κ2) is 7.40.